The fourth-order valence-electron chi connectivity index (χ4n) is 3.84. The third-order valence-electron chi connectivity index (χ3n) is 5.20. The molecule has 2 aromatic heterocycles. The topological polar surface area (TPSA) is 135 Å². The predicted molar refractivity (Wildman–Crippen MR) is 88.2 cm³/mol. The SMILES string of the molecule is OC[C@H]1OC(n2cnc3c(NC4CC5C=CC4O5)ncnc32)[C@H](O)[C@@H]1O. The molecular formula is C16H19N5O5. The van der Waals surface area contributed by atoms with Crippen LogP contribution in [-0.2, 0) is 9.47 Å². The van der Waals surface area contributed by atoms with Gasteiger partial charge in [0.1, 0.15) is 24.6 Å². The molecule has 2 fully saturated rings. The van der Waals surface area contributed by atoms with E-state index in [1.54, 1.807) is 4.57 Å². The van der Waals surface area contributed by atoms with Gasteiger partial charge >= 0.3 is 0 Å². The van der Waals surface area contributed by atoms with Crippen LogP contribution in [0.3, 0.4) is 0 Å². The summed E-state index contributed by atoms with van der Waals surface area (Å²) in [6.45, 7) is -0.388. The molecule has 0 amide bonds. The van der Waals surface area contributed by atoms with Gasteiger partial charge in [-0.15, -0.1) is 0 Å². The van der Waals surface area contributed by atoms with Crippen molar-refractivity contribution in [1.29, 1.82) is 0 Å². The van der Waals surface area contributed by atoms with Gasteiger partial charge in [-0.05, 0) is 0 Å². The highest BCUT2D eigenvalue weighted by Crippen LogP contribution is 2.34. The number of rotatable bonds is 4. The van der Waals surface area contributed by atoms with Crippen LogP contribution in [-0.4, -0.2) is 78.0 Å². The highest BCUT2D eigenvalue weighted by Gasteiger charge is 2.44. The fourth-order valence-corrected chi connectivity index (χ4v) is 3.84. The number of hydrogen-bond acceptors (Lipinski definition) is 9. The molecule has 2 bridgehead atoms. The highest BCUT2D eigenvalue weighted by atomic mass is 16.6. The van der Waals surface area contributed by atoms with E-state index in [9.17, 15) is 15.3 Å². The lowest BCUT2D eigenvalue weighted by molar-refractivity contribution is -0.0511. The third-order valence-corrected chi connectivity index (χ3v) is 5.20. The van der Waals surface area contributed by atoms with Crippen LogP contribution in [0.1, 0.15) is 12.6 Å². The van der Waals surface area contributed by atoms with Gasteiger partial charge in [-0.25, -0.2) is 15.0 Å². The van der Waals surface area contributed by atoms with Crippen LogP contribution in [0, 0.1) is 0 Å². The van der Waals surface area contributed by atoms with Gasteiger partial charge < -0.3 is 30.1 Å². The van der Waals surface area contributed by atoms with Gasteiger partial charge in [0.25, 0.3) is 0 Å². The summed E-state index contributed by atoms with van der Waals surface area (Å²) in [5, 5.41) is 32.8. The maximum Gasteiger partial charge on any atom is 0.167 e. The maximum absolute atomic E-state index is 10.2. The van der Waals surface area contributed by atoms with Crippen molar-refractivity contribution in [2.45, 2.75) is 49.2 Å². The lowest BCUT2D eigenvalue weighted by Gasteiger charge is -2.18. The minimum absolute atomic E-state index is 0.0209. The number of aliphatic hydroxyl groups is 3. The van der Waals surface area contributed by atoms with Crippen molar-refractivity contribution in [2.24, 2.45) is 0 Å². The van der Waals surface area contributed by atoms with E-state index in [1.807, 2.05) is 6.08 Å². The second-order valence-corrected chi connectivity index (χ2v) is 6.79. The summed E-state index contributed by atoms with van der Waals surface area (Å²) in [6, 6.07) is 0.113. The van der Waals surface area contributed by atoms with E-state index in [0.717, 1.165) is 6.42 Å². The van der Waals surface area contributed by atoms with Gasteiger partial charge in [-0.3, -0.25) is 4.57 Å². The standard InChI is InChI=1S/C16H19N5O5/c22-4-10-12(23)13(24)16(26-10)21-6-19-11-14(17-5-18-15(11)21)20-8-3-7-1-2-9(8)25-7/h1-2,5-10,12-13,16,22-24H,3-4H2,(H,17,18,20)/t7?,8?,9?,10-,12-,13-,16?/m1/s1. The largest absolute Gasteiger partial charge is 0.394 e. The zero-order valence-electron chi connectivity index (χ0n) is 13.7. The maximum atomic E-state index is 10.2. The van der Waals surface area contributed by atoms with E-state index in [4.69, 9.17) is 9.47 Å². The number of aromatic nitrogens is 4. The average molecular weight is 361 g/mol. The van der Waals surface area contributed by atoms with Crippen LogP contribution in [0.15, 0.2) is 24.8 Å². The van der Waals surface area contributed by atoms with Crippen molar-refractivity contribution in [3.63, 3.8) is 0 Å². The number of hydrogen-bond donors (Lipinski definition) is 4. The first-order valence-electron chi connectivity index (χ1n) is 8.56. The Morgan fingerprint density at radius 2 is 2.04 bits per heavy atom. The minimum atomic E-state index is -1.19. The van der Waals surface area contributed by atoms with E-state index in [2.05, 4.69) is 26.3 Å². The van der Waals surface area contributed by atoms with Gasteiger partial charge in [0.15, 0.2) is 23.2 Å². The van der Waals surface area contributed by atoms with E-state index in [1.165, 1.54) is 12.7 Å². The van der Waals surface area contributed by atoms with Crippen molar-refractivity contribution in [2.75, 3.05) is 11.9 Å². The lowest BCUT2D eigenvalue weighted by atomic mass is 10.0. The lowest BCUT2D eigenvalue weighted by Crippen LogP contribution is -2.33. The summed E-state index contributed by atoms with van der Waals surface area (Å²) in [5.41, 5.74) is 1.01. The van der Waals surface area contributed by atoms with Crippen LogP contribution in [0.25, 0.3) is 11.2 Å². The molecule has 138 valence electrons. The molecule has 3 aliphatic heterocycles. The van der Waals surface area contributed by atoms with Crippen molar-refractivity contribution >= 4 is 17.0 Å². The summed E-state index contributed by atoms with van der Waals surface area (Å²) in [5.74, 6) is 0.579. The molecule has 4 unspecified atom stereocenters. The number of ether oxygens (including phenoxy) is 2. The van der Waals surface area contributed by atoms with Crippen LogP contribution in [0.5, 0.6) is 0 Å². The first kappa shape index (κ1) is 16.1. The van der Waals surface area contributed by atoms with E-state index >= 15 is 0 Å². The first-order chi connectivity index (χ1) is 12.7. The molecule has 26 heavy (non-hydrogen) atoms. The molecule has 3 aliphatic rings. The number of nitrogens with one attached hydrogen (secondary N) is 1. The second-order valence-electron chi connectivity index (χ2n) is 6.79. The molecule has 2 saturated heterocycles. The number of aliphatic hydroxyl groups excluding tert-OH is 3. The summed E-state index contributed by atoms with van der Waals surface area (Å²) in [7, 11) is 0. The summed E-state index contributed by atoms with van der Waals surface area (Å²) >= 11 is 0. The van der Waals surface area contributed by atoms with Gasteiger partial charge in [0.2, 0.25) is 0 Å². The van der Waals surface area contributed by atoms with Crippen molar-refractivity contribution in [1.82, 2.24) is 19.5 Å². The van der Waals surface area contributed by atoms with Gasteiger partial charge in [-0.1, -0.05) is 12.2 Å². The average Bonchev–Trinajstić information content (AvgIpc) is 3.41. The van der Waals surface area contributed by atoms with E-state index in [-0.39, 0.29) is 24.9 Å². The zero-order chi connectivity index (χ0) is 17.8. The van der Waals surface area contributed by atoms with Crippen molar-refractivity contribution in [3.8, 4) is 0 Å². The van der Waals surface area contributed by atoms with Crippen LogP contribution < -0.4 is 5.32 Å². The monoisotopic (exact) mass is 361 g/mol. The molecular weight excluding hydrogens is 342 g/mol. The summed E-state index contributed by atoms with van der Waals surface area (Å²) in [6.07, 6.45) is 3.92. The molecule has 10 heteroatoms. The Bertz CT molecular complexity index is 857. The number of anilines is 1. The van der Waals surface area contributed by atoms with Gasteiger partial charge in [0, 0.05) is 6.42 Å². The van der Waals surface area contributed by atoms with Crippen LogP contribution >= 0.6 is 0 Å². The molecule has 10 nitrogen and oxygen atoms in total. The second kappa shape index (κ2) is 5.96. The highest BCUT2D eigenvalue weighted by molar-refractivity contribution is 5.83. The van der Waals surface area contributed by atoms with Crippen molar-refractivity contribution < 1.29 is 24.8 Å². The molecule has 2 aromatic rings. The Morgan fingerprint density at radius 3 is 2.73 bits per heavy atom. The van der Waals surface area contributed by atoms with E-state index < -0.39 is 24.5 Å². The number of nitrogens with zero attached hydrogens (tertiary/aromatic N) is 4. The quantitative estimate of drug-likeness (QED) is 0.503. The first-order valence-corrected chi connectivity index (χ1v) is 8.56. The molecule has 4 N–H and O–H groups in total. The fraction of sp³-hybridized carbons (Fsp3) is 0.562. The molecule has 0 radical (unpaired) electrons. The number of fused-ring (bicyclic) bond motifs is 3. The number of imidazole rings is 1. The molecule has 0 spiro atoms. The molecule has 0 saturated carbocycles. The smallest absolute Gasteiger partial charge is 0.167 e. The Labute approximate surface area is 148 Å². The zero-order valence-corrected chi connectivity index (χ0v) is 13.7. The Kier molecular flexibility index (Phi) is 3.69. The van der Waals surface area contributed by atoms with Gasteiger partial charge in [-0.2, -0.15) is 0 Å². The van der Waals surface area contributed by atoms with E-state index in [0.29, 0.717) is 17.0 Å². The summed E-state index contributed by atoms with van der Waals surface area (Å²) < 4.78 is 12.9. The minimum Gasteiger partial charge on any atom is -0.394 e. The molecule has 5 rings (SSSR count). The van der Waals surface area contributed by atoms with Gasteiger partial charge in [0.05, 0.1) is 31.2 Å². The Hall–Kier alpha value is -2.11. The van der Waals surface area contributed by atoms with Crippen molar-refractivity contribution in [3.05, 3.63) is 24.8 Å². The molecule has 0 aromatic carbocycles. The molecule has 7 atom stereocenters. The van der Waals surface area contributed by atoms with Crippen LogP contribution in [0.4, 0.5) is 5.82 Å². The predicted octanol–water partition coefficient (Wildman–Crippen LogP) is -1.05. The molecule has 0 aliphatic carbocycles. The van der Waals surface area contributed by atoms with Crippen LogP contribution in [0.2, 0.25) is 0 Å². The summed E-state index contributed by atoms with van der Waals surface area (Å²) in [4.78, 5) is 12.9. The Morgan fingerprint density at radius 1 is 1.15 bits per heavy atom. The Balaban J connectivity index is 1.45. The third kappa shape index (κ3) is 2.34. The molecule has 5 heterocycles. The normalized spacial score (nSPS) is 38.5.